The van der Waals surface area contributed by atoms with Crippen molar-refractivity contribution in [2.24, 2.45) is 10.7 Å². The van der Waals surface area contributed by atoms with Crippen LogP contribution >= 0.6 is 23.2 Å². The van der Waals surface area contributed by atoms with Gasteiger partial charge in [-0.1, -0.05) is 23.2 Å². The molecule has 2 N–H and O–H groups in total. The van der Waals surface area contributed by atoms with Crippen molar-refractivity contribution in [3.63, 3.8) is 0 Å². The predicted octanol–water partition coefficient (Wildman–Crippen LogP) is 2.31. The van der Waals surface area contributed by atoms with Gasteiger partial charge in [0.2, 0.25) is 0 Å². The third-order valence-corrected chi connectivity index (χ3v) is 3.53. The van der Waals surface area contributed by atoms with Crippen LogP contribution in [0.2, 0.25) is 10.0 Å². The molecule has 1 aliphatic rings. The van der Waals surface area contributed by atoms with Crippen LogP contribution < -0.4 is 5.73 Å². The summed E-state index contributed by atoms with van der Waals surface area (Å²) in [6.45, 7) is 1.86. The molecule has 98 valence electrons. The summed E-state index contributed by atoms with van der Waals surface area (Å²) < 4.78 is 5.08. The molecule has 0 saturated heterocycles. The Kier molecular flexibility index (Phi) is 4.32. The first kappa shape index (κ1) is 13.5. The summed E-state index contributed by atoms with van der Waals surface area (Å²) in [7, 11) is 1.66. The molecule has 1 heterocycles. The number of benzene rings is 1. The van der Waals surface area contributed by atoms with Crippen LogP contribution in [0.4, 0.5) is 0 Å². The number of ether oxygens (including phenoxy) is 1. The lowest BCUT2D eigenvalue weighted by atomic mass is 10.1. The van der Waals surface area contributed by atoms with Gasteiger partial charge < -0.3 is 15.4 Å². The Hall–Kier alpha value is -0.970. The lowest BCUT2D eigenvalue weighted by Gasteiger charge is -2.27. The molecule has 1 aromatic carbocycles. The Morgan fingerprint density at radius 2 is 2.28 bits per heavy atom. The summed E-state index contributed by atoms with van der Waals surface area (Å²) >= 11 is 12.2. The van der Waals surface area contributed by atoms with Gasteiger partial charge in [0.25, 0.3) is 0 Å². The Balaban J connectivity index is 2.24. The van der Waals surface area contributed by atoms with Gasteiger partial charge in [-0.05, 0) is 23.8 Å². The third kappa shape index (κ3) is 2.71. The van der Waals surface area contributed by atoms with Crippen molar-refractivity contribution < 1.29 is 4.74 Å². The highest BCUT2D eigenvalue weighted by Gasteiger charge is 2.28. The zero-order valence-electron chi connectivity index (χ0n) is 10.1. The minimum Gasteiger partial charge on any atom is -0.383 e. The van der Waals surface area contributed by atoms with Crippen LogP contribution in [-0.2, 0) is 4.74 Å². The first-order valence-electron chi connectivity index (χ1n) is 5.64. The van der Waals surface area contributed by atoms with Crippen molar-refractivity contribution in [2.45, 2.75) is 6.04 Å². The first-order chi connectivity index (χ1) is 8.63. The van der Waals surface area contributed by atoms with Gasteiger partial charge in [0.1, 0.15) is 0 Å². The monoisotopic (exact) mass is 287 g/mol. The quantitative estimate of drug-likeness (QED) is 0.925. The minimum atomic E-state index is 0.0337. The van der Waals surface area contributed by atoms with E-state index in [-0.39, 0.29) is 6.04 Å². The maximum atomic E-state index is 6.22. The maximum absolute atomic E-state index is 6.22. The minimum absolute atomic E-state index is 0.0337. The molecule has 0 fully saturated rings. The first-order valence-corrected chi connectivity index (χ1v) is 6.39. The van der Waals surface area contributed by atoms with Crippen molar-refractivity contribution in [1.82, 2.24) is 4.90 Å². The normalized spacial score (nSPS) is 19.2. The largest absolute Gasteiger partial charge is 0.383 e. The Morgan fingerprint density at radius 3 is 3.00 bits per heavy atom. The van der Waals surface area contributed by atoms with Crippen LogP contribution in [0.25, 0.3) is 0 Å². The molecule has 1 aliphatic heterocycles. The number of halogens is 2. The molecule has 0 amide bonds. The summed E-state index contributed by atoms with van der Waals surface area (Å²) in [5.41, 5.74) is 6.83. The summed E-state index contributed by atoms with van der Waals surface area (Å²) in [5, 5.41) is 1.34. The molecular weight excluding hydrogens is 273 g/mol. The molecule has 0 aliphatic carbocycles. The second-order valence-corrected chi connectivity index (χ2v) is 4.91. The average Bonchev–Trinajstić information content (AvgIpc) is 2.71. The highest BCUT2D eigenvalue weighted by atomic mass is 35.5. The fraction of sp³-hybridized carbons (Fsp3) is 0.417. The van der Waals surface area contributed by atoms with Crippen LogP contribution in [0.1, 0.15) is 11.6 Å². The lowest BCUT2D eigenvalue weighted by Crippen LogP contribution is -2.38. The van der Waals surface area contributed by atoms with Crippen LogP contribution in [0.15, 0.2) is 23.2 Å². The van der Waals surface area contributed by atoms with Crippen molar-refractivity contribution in [3.05, 3.63) is 33.8 Å². The highest BCUT2D eigenvalue weighted by molar-refractivity contribution is 6.33. The molecule has 1 aromatic rings. The van der Waals surface area contributed by atoms with E-state index in [0.717, 1.165) is 5.56 Å². The molecule has 0 spiro atoms. The van der Waals surface area contributed by atoms with E-state index in [9.17, 15) is 0 Å². The highest BCUT2D eigenvalue weighted by Crippen LogP contribution is 2.32. The smallest absolute Gasteiger partial charge is 0.192 e. The zero-order valence-corrected chi connectivity index (χ0v) is 11.6. The average molecular weight is 288 g/mol. The number of methoxy groups -OCH3 is 1. The molecule has 6 heteroatoms. The molecule has 4 nitrogen and oxygen atoms in total. The molecule has 0 radical (unpaired) electrons. The van der Waals surface area contributed by atoms with Gasteiger partial charge in [-0.2, -0.15) is 0 Å². The van der Waals surface area contributed by atoms with Gasteiger partial charge in [-0.15, -0.1) is 0 Å². The Labute approximate surface area is 116 Å². The molecule has 1 unspecified atom stereocenters. The van der Waals surface area contributed by atoms with E-state index in [1.807, 2.05) is 11.0 Å². The van der Waals surface area contributed by atoms with E-state index < -0.39 is 0 Å². The molecule has 0 bridgehead atoms. The van der Waals surface area contributed by atoms with E-state index in [4.69, 9.17) is 33.7 Å². The van der Waals surface area contributed by atoms with Crippen LogP contribution in [0, 0.1) is 0 Å². The second kappa shape index (κ2) is 5.78. The van der Waals surface area contributed by atoms with Crippen molar-refractivity contribution >= 4 is 29.2 Å². The molecule has 18 heavy (non-hydrogen) atoms. The van der Waals surface area contributed by atoms with Crippen molar-refractivity contribution in [3.8, 4) is 0 Å². The molecule has 0 saturated carbocycles. The van der Waals surface area contributed by atoms with Crippen LogP contribution in [-0.4, -0.2) is 37.7 Å². The van der Waals surface area contributed by atoms with Gasteiger partial charge in [0, 0.05) is 23.7 Å². The molecular formula is C12H15Cl2N3O. The van der Waals surface area contributed by atoms with E-state index >= 15 is 0 Å². The van der Waals surface area contributed by atoms with E-state index in [1.54, 1.807) is 19.2 Å². The zero-order chi connectivity index (χ0) is 13.1. The molecule has 2 rings (SSSR count). The second-order valence-electron chi connectivity index (χ2n) is 4.07. The van der Waals surface area contributed by atoms with Gasteiger partial charge in [-0.3, -0.25) is 4.99 Å². The molecule has 1 atom stereocenters. The van der Waals surface area contributed by atoms with E-state index in [2.05, 4.69) is 4.99 Å². The van der Waals surface area contributed by atoms with Gasteiger partial charge >= 0.3 is 0 Å². The number of nitrogens with two attached hydrogens (primary N) is 1. The number of hydrogen-bond acceptors (Lipinski definition) is 4. The summed E-state index contributed by atoms with van der Waals surface area (Å²) in [5.74, 6) is 0.521. The van der Waals surface area contributed by atoms with Crippen LogP contribution in [0.3, 0.4) is 0 Å². The number of aliphatic imine (C=N–C) groups is 1. The fourth-order valence-corrected chi connectivity index (χ4v) is 2.45. The fourth-order valence-electron chi connectivity index (χ4n) is 2.03. The SMILES string of the molecule is COCCN1C(N)=NCC1c1cc(Cl)ccc1Cl. The summed E-state index contributed by atoms with van der Waals surface area (Å²) in [6, 6.07) is 5.46. The Morgan fingerprint density at radius 1 is 1.50 bits per heavy atom. The van der Waals surface area contributed by atoms with Gasteiger partial charge in [-0.25, -0.2) is 0 Å². The number of guanidine groups is 1. The standard InChI is InChI=1S/C12H15Cl2N3O/c1-18-5-4-17-11(7-16-12(17)15)9-6-8(13)2-3-10(9)14/h2-3,6,11H,4-5,7H2,1H3,(H2,15,16). The summed E-state index contributed by atoms with van der Waals surface area (Å²) in [6.07, 6.45) is 0. The number of rotatable bonds is 4. The van der Waals surface area contributed by atoms with Crippen LogP contribution in [0.5, 0.6) is 0 Å². The Bertz CT molecular complexity index is 465. The third-order valence-electron chi connectivity index (χ3n) is 2.95. The lowest BCUT2D eigenvalue weighted by molar-refractivity contribution is 0.166. The van der Waals surface area contributed by atoms with E-state index in [1.165, 1.54) is 0 Å². The molecule has 0 aromatic heterocycles. The predicted molar refractivity (Wildman–Crippen MR) is 74.3 cm³/mol. The van der Waals surface area contributed by atoms with Gasteiger partial charge in [0.15, 0.2) is 5.96 Å². The number of hydrogen-bond donors (Lipinski definition) is 1. The summed E-state index contributed by atoms with van der Waals surface area (Å²) in [4.78, 5) is 6.25. The van der Waals surface area contributed by atoms with Crippen molar-refractivity contribution in [1.29, 1.82) is 0 Å². The van der Waals surface area contributed by atoms with Crippen molar-refractivity contribution in [2.75, 3.05) is 26.8 Å². The van der Waals surface area contributed by atoms with E-state index in [0.29, 0.717) is 35.7 Å². The topological polar surface area (TPSA) is 50.9 Å². The van der Waals surface area contributed by atoms with Gasteiger partial charge in [0.05, 0.1) is 19.2 Å². The number of nitrogens with zero attached hydrogens (tertiary/aromatic N) is 2. The maximum Gasteiger partial charge on any atom is 0.192 e.